The van der Waals surface area contributed by atoms with E-state index < -0.39 is 10.0 Å². The Balaban J connectivity index is 1.40. The maximum atomic E-state index is 12.8. The SMILES string of the molecule is CCCN1CCC(c2ccc(NS(=O)(=O)c3ccc(C4CCCC4)cc3)cc2)C1. The van der Waals surface area contributed by atoms with Crippen LogP contribution in [0.4, 0.5) is 5.69 Å². The third kappa shape index (κ3) is 4.84. The van der Waals surface area contributed by atoms with E-state index in [0.717, 1.165) is 19.6 Å². The third-order valence-corrected chi connectivity index (χ3v) is 7.86. The molecule has 4 nitrogen and oxygen atoms in total. The Morgan fingerprint density at radius 2 is 1.52 bits per heavy atom. The van der Waals surface area contributed by atoms with Crippen LogP contribution in [0.25, 0.3) is 0 Å². The van der Waals surface area contributed by atoms with Crippen LogP contribution in [0.3, 0.4) is 0 Å². The number of benzene rings is 2. The highest BCUT2D eigenvalue weighted by molar-refractivity contribution is 7.92. The molecule has 29 heavy (non-hydrogen) atoms. The molecular weight excluding hydrogens is 380 g/mol. The summed E-state index contributed by atoms with van der Waals surface area (Å²) in [5, 5.41) is 0. The standard InChI is InChI=1S/C24H32N2O2S/c1-2-16-26-17-15-22(18-26)21-7-11-23(12-8-21)25-29(27,28)24-13-9-20(10-14-24)19-5-3-4-6-19/h7-14,19,22,25H,2-6,15-18H2,1H3. The number of rotatable bonds is 7. The molecule has 2 aromatic carbocycles. The fraction of sp³-hybridized carbons (Fsp3) is 0.500. The first-order valence-electron chi connectivity index (χ1n) is 11.0. The van der Waals surface area contributed by atoms with E-state index in [4.69, 9.17) is 0 Å². The fourth-order valence-corrected chi connectivity index (χ4v) is 5.90. The summed E-state index contributed by atoms with van der Waals surface area (Å²) in [6.07, 6.45) is 7.36. The van der Waals surface area contributed by atoms with Crippen molar-refractivity contribution in [3.8, 4) is 0 Å². The second-order valence-corrected chi connectivity index (χ2v) is 10.2. The van der Waals surface area contributed by atoms with Gasteiger partial charge in [0.2, 0.25) is 0 Å². The Morgan fingerprint density at radius 3 is 2.17 bits per heavy atom. The average molecular weight is 413 g/mol. The molecule has 0 aromatic heterocycles. The molecule has 2 aliphatic rings. The van der Waals surface area contributed by atoms with Gasteiger partial charge in [-0.2, -0.15) is 0 Å². The van der Waals surface area contributed by atoms with Gasteiger partial charge in [0, 0.05) is 12.2 Å². The molecule has 1 aliphatic carbocycles. The number of sulfonamides is 1. The lowest BCUT2D eigenvalue weighted by Gasteiger charge is -2.15. The molecule has 1 saturated carbocycles. The van der Waals surface area contributed by atoms with Crippen LogP contribution in [0, 0.1) is 0 Å². The highest BCUT2D eigenvalue weighted by Crippen LogP contribution is 2.34. The van der Waals surface area contributed by atoms with Crippen LogP contribution in [0.1, 0.15) is 68.4 Å². The van der Waals surface area contributed by atoms with Gasteiger partial charge in [-0.3, -0.25) is 4.72 Å². The Labute approximate surface area is 175 Å². The quantitative estimate of drug-likeness (QED) is 0.667. The molecule has 1 N–H and O–H groups in total. The molecule has 0 radical (unpaired) electrons. The van der Waals surface area contributed by atoms with Gasteiger partial charge in [-0.1, -0.05) is 44.0 Å². The summed E-state index contributed by atoms with van der Waals surface area (Å²) in [6.45, 7) is 5.64. The topological polar surface area (TPSA) is 49.4 Å². The summed E-state index contributed by atoms with van der Waals surface area (Å²) >= 11 is 0. The van der Waals surface area contributed by atoms with Crippen LogP contribution in [0.5, 0.6) is 0 Å². The summed E-state index contributed by atoms with van der Waals surface area (Å²) in [5.41, 5.74) is 3.18. The number of nitrogens with zero attached hydrogens (tertiary/aromatic N) is 1. The van der Waals surface area contributed by atoms with Gasteiger partial charge in [-0.05, 0) is 86.0 Å². The van der Waals surface area contributed by atoms with E-state index in [1.165, 1.54) is 49.7 Å². The van der Waals surface area contributed by atoms with Crippen molar-refractivity contribution < 1.29 is 8.42 Å². The van der Waals surface area contributed by atoms with Crippen LogP contribution >= 0.6 is 0 Å². The maximum Gasteiger partial charge on any atom is 0.261 e. The lowest BCUT2D eigenvalue weighted by molar-refractivity contribution is 0.335. The molecule has 2 aromatic rings. The van der Waals surface area contributed by atoms with Gasteiger partial charge in [0.15, 0.2) is 0 Å². The largest absolute Gasteiger partial charge is 0.303 e. The van der Waals surface area contributed by atoms with E-state index in [1.807, 2.05) is 24.3 Å². The summed E-state index contributed by atoms with van der Waals surface area (Å²) in [6, 6.07) is 15.4. The summed E-state index contributed by atoms with van der Waals surface area (Å²) < 4.78 is 28.3. The zero-order valence-corrected chi connectivity index (χ0v) is 18.1. The first kappa shape index (κ1) is 20.4. The number of anilines is 1. The number of nitrogens with one attached hydrogen (secondary N) is 1. The van der Waals surface area contributed by atoms with Crippen LogP contribution in [0.2, 0.25) is 0 Å². The third-order valence-electron chi connectivity index (χ3n) is 6.46. The molecule has 0 spiro atoms. The van der Waals surface area contributed by atoms with Gasteiger partial charge in [0.1, 0.15) is 0 Å². The van der Waals surface area contributed by atoms with Crippen molar-refractivity contribution in [2.75, 3.05) is 24.4 Å². The fourth-order valence-electron chi connectivity index (χ4n) is 4.84. The molecule has 4 rings (SSSR count). The van der Waals surface area contributed by atoms with Gasteiger partial charge in [-0.15, -0.1) is 0 Å². The number of hydrogen-bond donors (Lipinski definition) is 1. The molecule has 5 heteroatoms. The van der Waals surface area contributed by atoms with Crippen molar-refractivity contribution in [1.82, 2.24) is 4.90 Å². The van der Waals surface area contributed by atoms with Crippen molar-refractivity contribution in [2.24, 2.45) is 0 Å². The van der Waals surface area contributed by atoms with E-state index in [0.29, 0.717) is 22.4 Å². The van der Waals surface area contributed by atoms with E-state index in [1.54, 1.807) is 12.1 Å². The molecule has 156 valence electrons. The van der Waals surface area contributed by atoms with Crippen molar-refractivity contribution in [1.29, 1.82) is 0 Å². The zero-order chi connectivity index (χ0) is 20.3. The minimum absolute atomic E-state index is 0.328. The first-order valence-corrected chi connectivity index (χ1v) is 12.5. The zero-order valence-electron chi connectivity index (χ0n) is 17.3. The van der Waals surface area contributed by atoms with Gasteiger partial charge in [-0.25, -0.2) is 8.42 Å². The van der Waals surface area contributed by atoms with Crippen LogP contribution in [-0.2, 0) is 10.0 Å². The summed E-state index contributed by atoms with van der Waals surface area (Å²) in [5.74, 6) is 1.14. The van der Waals surface area contributed by atoms with Crippen molar-refractivity contribution >= 4 is 15.7 Å². The van der Waals surface area contributed by atoms with Crippen LogP contribution in [-0.4, -0.2) is 33.0 Å². The predicted molar refractivity (Wildman–Crippen MR) is 119 cm³/mol. The highest BCUT2D eigenvalue weighted by Gasteiger charge is 2.23. The lowest BCUT2D eigenvalue weighted by Crippen LogP contribution is -2.20. The van der Waals surface area contributed by atoms with Crippen molar-refractivity contribution in [2.45, 2.75) is 62.2 Å². The van der Waals surface area contributed by atoms with E-state index >= 15 is 0 Å². The Morgan fingerprint density at radius 1 is 0.897 bits per heavy atom. The molecule has 1 aliphatic heterocycles. The average Bonchev–Trinajstić information content (AvgIpc) is 3.41. The molecule has 1 unspecified atom stereocenters. The van der Waals surface area contributed by atoms with Gasteiger partial charge in [0.05, 0.1) is 4.90 Å². The van der Waals surface area contributed by atoms with Gasteiger partial charge in [0.25, 0.3) is 10.0 Å². The minimum Gasteiger partial charge on any atom is -0.303 e. The Bertz CT molecular complexity index is 901. The van der Waals surface area contributed by atoms with Crippen LogP contribution in [0.15, 0.2) is 53.4 Å². The van der Waals surface area contributed by atoms with E-state index in [9.17, 15) is 8.42 Å². The minimum atomic E-state index is -3.56. The smallest absolute Gasteiger partial charge is 0.261 e. The lowest BCUT2D eigenvalue weighted by atomic mass is 9.98. The number of hydrogen-bond acceptors (Lipinski definition) is 3. The molecule has 2 fully saturated rings. The maximum absolute atomic E-state index is 12.8. The second kappa shape index (κ2) is 8.88. The summed E-state index contributed by atoms with van der Waals surface area (Å²) in [7, 11) is -3.56. The van der Waals surface area contributed by atoms with Crippen molar-refractivity contribution in [3.05, 3.63) is 59.7 Å². The molecule has 0 amide bonds. The Kier molecular flexibility index (Phi) is 6.26. The van der Waals surface area contributed by atoms with Crippen molar-refractivity contribution in [3.63, 3.8) is 0 Å². The van der Waals surface area contributed by atoms with Crippen LogP contribution < -0.4 is 4.72 Å². The summed E-state index contributed by atoms with van der Waals surface area (Å²) in [4.78, 5) is 2.84. The Hall–Kier alpha value is -1.85. The first-order chi connectivity index (χ1) is 14.0. The number of likely N-dealkylation sites (tertiary alicyclic amines) is 1. The molecule has 1 heterocycles. The molecule has 1 saturated heterocycles. The highest BCUT2D eigenvalue weighted by atomic mass is 32.2. The molecule has 1 atom stereocenters. The normalized spacial score (nSPS) is 20.9. The van der Waals surface area contributed by atoms with Gasteiger partial charge >= 0.3 is 0 Å². The van der Waals surface area contributed by atoms with E-state index in [-0.39, 0.29) is 0 Å². The molecular formula is C24H32N2O2S. The predicted octanol–water partition coefficient (Wildman–Crippen LogP) is 5.34. The second-order valence-electron chi connectivity index (χ2n) is 8.56. The monoisotopic (exact) mass is 412 g/mol. The molecule has 0 bridgehead atoms. The van der Waals surface area contributed by atoms with E-state index in [2.05, 4.69) is 28.7 Å². The van der Waals surface area contributed by atoms with Gasteiger partial charge < -0.3 is 4.90 Å².